The van der Waals surface area contributed by atoms with Gasteiger partial charge in [-0.15, -0.1) is 0 Å². The highest BCUT2D eigenvalue weighted by Crippen LogP contribution is 2.44. The summed E-state index contributed by atoms with van der Waals surface area (Å²) in [7, 11) is 0. The Kier molecular flexibility index (Phi) is 6.58. The molecule has 0 radical (unpaired) electrons. The number of carbonyl (C=O) groups excluding carboxylic acids is 2. The molecular weight excluding hydrogens is 460 g/mol. The lowest BCUT2D eigenvalue weighted by molar-refractivity contribution is -0.144. The maximum atomic E-state index is 12.9. The van der Waals surface area contributed by atoms with E-state index in [4.69, 9.17) is 9.47 Å². The van der Waals surface area contributed by atoms with Gasteiger partial charge in [-0.05, 0) is 27.8 Å². The molecular formula is C28H26N2O6. The van der Waals surface area contributed by atoms with Crippen molar-refractivity contribution in [3.63, 3.8) is 0 Å². The zero-order chi connectivity index (χ0) is 25.1. The third-order valence-corrected chi connectivity index (χ3v) is 6.70. The molecule has 0 bridgehead atoms. The van der Waals surface area contributed by atoms with Gasteiger partial charge in [-0.2, -0.15) is 0 Å². The van der Waals surface area contributed by atoms with Crippen LogP contribution in [0.4, 0.5) is 9.59 Å². The van der Waals surface area contributed by atoms with Crippen LogP contribution in [-0.2, 0) is 20.9 Å². The monoisotopic (exact) mass is 486 g/mol. The molecule has 1 unspecified atom stereocenters. The zero-order valence-electron chi connectivity index (χ0n) is 19.6. The first kappa shape index (κ1) is 23.4. The first-order valence-corrected chi connectivity index (χ1v) is 11.8. The molecule has 1 atom stereocenters. The molecule has 2 amide bonds. The summed E-state index contributed by atoms with van der Waals surface area (Å²) in [6, 6.07) is 24.0. The summed E-state index contributed by atoms with van der Waals surface area (Å²) in [6.45, 7) is 0.199. The smallest absolute Gasteiger partial charge is 0.410 e. The Morgan fingerprint density at radius 1 is 0.778 bits per heavy atom. The van der Waals surface area contributed by atoms with Gasteiger partial charge in [0.1, 0.15) is 13.2 Å². The predicted molar refractivity (Wildman–Crippen MR) is 131 cm³/mol. The fourth-order valence-corrected chi connectivity index (χ4v) is 4.87. The summed E-state index contributed by atoms with van der Waals surface area (Å²) in [5, 5.41) is 9.74. The van der Waals surface area contributed by atoms with Crippen molar-refractivity contribution in [2.75, 3.05) is 26.2 Å². The summed E-state index contributed by atoms with van der Waals surface area (Å²) >= 11 is 0. The van der Waals surface area contributed by atoms with Gasteiger partial charge in [-0.25, -0.2) is 14.4 Å². The number of aliphatic carboxylic acids is 1. The van der Waals surface area contributed by atoms with E-state index in [0.29, 0.717) is 0 Å². The number of carbonyl (C=O) groups is 3. The molecule has 184 valence electrons. The van der Waals surface area contributed by atoms with Crippen LogP contribution < -0.4 is 0 Å². The van der Waals surface area contributed by atoms with Gasteiger partial charge in [-0.1, -0.05) is 78.9 Å². The Morgan fingerprint density at radius 2 is 1.39 bits per heavy atom. The summed E-state index contributed by atoms with van der Waals surface area (Å²) in [6.07, 6.45) is -1.32. The maximum absolute atomic E-state index is 12.9. The standard InChI is InChI=1S/C28H26N2O6/c31-26(32)25-16-29(14-15-30(25)28(34)35-17-19-8-2-1-3-9-19)27(33)36-18-24-22-12-6-4-10-20(22)21-11-5-7-13-23(21)24/h1-13,24-25H,14-18H2,(H,31,32). The van der Waals surface area contributed by atoms with Gasteiger partial charge in [0.25, 0.3) is 0 Å². The van der Waals surface area contributed by atoms with Gasteiger partial charge in [0.05, 0.1) is 6.54 Å². The lowest BCUT2D eigenvalue weighted by Crippen LogP contribution is -2.59. The molecule has 1 N–H and O–H groups in total. The normalized spacial score (nSPS) is 16.7. The van der Waals surface area contributed by atoms with Crippen LogP contribution >= 0.6 is 0 Å². The molecule has 0 aromatic heterocycles. The molecule has 1 fully saturated rings. The average molecular weight is 487 g/mol. The number of carboxylic acids is 1. The van der Waals surface area contributed by atoms with Crippen molar-refractivity contribution in [1.82, 2.24) is 9.80 Å². The molecule has 0 saturated carbocycles. The number of ether oxygens (including phenoxy) is 2. The van der Waals surface area contributed by atoms with E-state index in [9.17, 15) is 19.5 Å². The van der Waals surface area contributed by atoms with Gasteiger partial charge in [0.2, 0.25) is 0 Å². The SMILES string of the molecule is O=C(O)C1CN(C(=O)OCC2c3ccccc3-c3ccccc32)CCN1C(=O)OCc1ccccc1. The Morgan fingerprint density at radius 3 is 2.03 bits per heavy atom. The van der Waals surface area contributed by atoms with E-state index in [2.05, 4.69) is 12.1 Å². The Hall–Kier alpha value is -4.33. The molecule has 0 spiro atoms. The third-order valence-electron chi connectivity index (χ3n) is 6.70. The molecule has 36 heavy (non-hydrogen) atoms. The summed E-state index contributed by atoms with van der Waals surface area (Å²) in [4.78, 5) is 39.9. The van der Waals surface area contributed by atoms with E-state index in [-0.39, 0.29) is 38.8 Å². The summed E-state index contributed by atoms with van der Waals surface area (Å²) in [5.74, 6) is -1.30. The fraction of sp³-hybridized carbons (Fsp3) is 0.250. The van der Waals surface area contributed by atoms with E-state index in [1.54, 1.807) is 0 Å². The number of hydrogen-bond donors (Lipinski definition) is 1. The van der Waals surface area contributed by atoms with Gasteiger partial charge < -0.3 is 19.5 Å². The van der Waals surface area contributed by atoms with Crippen molar-refractivity contribution in [3.8, 4) is 11.1 Å². The van der Waals surface area contributed by atoms with Crippen LogP contribution in [0.15, 0.2) is 78.9 Å². The van der Waals surface area contributed by atoms with Crippen LogP contribution in [0.5, 0.6) is 0 Å². The van der Waals surface area contributed by atoms with Crippen LogP contribution in [-0.4, -0.2) is 65.3 Å². The van der Waals surface area contributed by atoms with Crippen LogP contribution in [0.3, 0.4) is 0 Å². The summed E-state index contributed by atoms with van der Waals surface area (Å²) in [5.41, 5.74) is 5.25. The Bertz CT molecular complexity index is 1230. The minimum Gasteiger partial charge on any atom is -0.480 e. The Labute approximate surface area is 208 Å². The largest absolute Gasteiger partial charge is 0.480 e. The van der Waals surface area contributed by atoms with Crippen molar-refractivity contribution in [2.45, 2.75) is 18.6 Å². The predicted octanol–water partition coefficient (Wildman–Crippen LogP) is 4.34. The van der Waals surface area contributed by atoms with Crippen molar-refractivity contribution in [3.05, 3.63) is 95.6 Å². The van der Waals surface area contributed by atoms with Gasteiger partial charge in [-0.3, -0.25) is 4.90 Å². The maximum Gasteiger partial charge on any atom is 0.410 e. The number of piperazine rings is 1. The van der Waals surface area contributed by atoms with Crippen LogP contribution in [0.25, 0.3) is 11.1 Å². The number of carboxylic acid groups (broad SMARTS) is 1. The highest BCUT2D eigenvalue weighted by atomic mass is 16.6. The van der Waals surface area contributed by atoms with Crippen molar-refractivity contribution in [2.24, 2.45) is 0 Å². The number of benzene rings is 3. The number of amides is 2. The highest BCUT2D eigenvalue weighted by molar-refractivity contribution is 5.82. The van der Waals surface area contributed by atoms with Crippen LogP contribution in [0.2, 0.25) is 0 Å². The molecule has 3 aromatic carbocycles. The highest BCUT2D eigenvalue weighted by Gasteiger charge is 2.39. The zero-order valence-corrected chi connectivity index (χ0v) is 19.6. The van der Waals surface area contributed by atoms with E-state index in [1.165, 1.54) is 4.90 Å². The van der Waals surface area contributed by atoms with Crippen LogP contribution in [0, 0.1) is 0 Å². The lowest BCUT2D eigenvalue weighted by Gasteiger charge is -2.38. The topological polar surface area (TPSA) is 96.4 Å². The molecule has 3 aromatic rings. The van der Waals surface area contributed by atoms with Crippen molar-refractivity contribution >= 4 is 18.2 Å². The van der Waals surface area contributed by atoms with Gasteiger partial charge in [0.15, 0.2) is 6.04 Å². The number of nitrogens with zero attached hydrogens (tertiary/aromatic N) is 2. The van der Waals surface area contributed by atoms with E-state index >= 15 is 0 Å². The minimum absolute atomic E-state index is 0.0365. The van der Waals surface area contributed by atoms with E-state index in [1.807, 2.05) is 66.7 Å². The molecule has 8 nitrogen and oxygen atoms in total. The fourth-order valence-electron chi connectivity index (χ4n) is 4.87. The molecule has 5 rings (SSSR count). The molecule has 1 heterocycles. The Balaban J connectivity index is 1.21. The second-order valence-electron chi connectivity index (χ2n) is 8.84. The van der Waals surface area contributed by atoms with Crippen molar-refractivity contribution < 1.29 is 29.0 Å². The van der Waals surface area contributed by atoms with Gasteiger partial charge in [0, 0.05) is 19.0 Å². The molecule has 1 aliphatic carbocycles. The first-order chi connectivity index (χ1) is 17.5. The lowest BCUT2D eigenvalue weighted by atomic mass is 9.98. The molecule has 8 heteroatoms. The van der Waals surface area contributed by atoms with E-state index in [0.717, 1.165) is 32.7 Å². The van der Waals surface area contributed by atoms with Crippen LogP contribution in [0.1, 0.15) is 22.6 Å². The quantitative estimate of drug-likeness (QED) is 0.576. The van der Waals surface area contributed by atoms with Gasteiger partial charge >= 0.3 is 18.2 Å². The third kappa shape index (κ3) is 4.62. The second-order valence-corrected chi connectivity index (χ2v) is 8.84. The molecule has 2 aliphatic rings. The number of fused-ring (bicyclic) bond motifs is 3. The summed E-state index contributed by atoms with van der Waals surface area (Å²) < 4.78 is 11.0. The molecule has 1 aliphatic heterocycles. The number of hydrogen-bond acceptors (Lipinski definition) is 5. The van der Waals surface area contributed by atoms with E-state index < -0.39 is 24.2 Å². The second kappa shape index (κ2) is 10.1. The first-order valence-electron chi connectivity index (χ1n) is 11.8. The average Bonchev–Trinajstić information content (AvgIpc) is 3.24. The molecule has 1 saturated heterocycles. The minimum atomic E-state index is -1.22. The number of rotatable bonds is 5. The van der Waals surface area contributed by atoms with Crippen molar-refractivity contribution in [1.29, 1.82) is 0 Å².